The summed E-state index contributed by atoms with van der Waals surface area (Å²) in [7, 11) is 3.46. The van der Waals surface area contributed by atoms with Crippen molar-refractivity contribution in [1.82, 2.24) is 0 Å². The lowest BCUT2D eigenvalue weighted by atomic mass is 9.68. The Morgan fingerprint density at radius 2 is 1.59 bits per heavy atom. The third-order valence-corrected chi connectivity index (χ3v) is 5.42. The largest absolute Gasteiger partial charge is 0.496 e. The first-order valence-electron chi connectivity index (χ1n) is 7.95. The lowest BCUT2D eigenvalue weighted by molar-refractivity contribution is -0.184. The van der Waals surface area contributed by atoms with Gasteiger partial charge in [0.2, 0.25) is 0 Å². The Bertz CT molecular complexity index is 603. The van der Waals surface area contributed by atoms with Crippen molar-refractivity contribution in [1.29, 1.82) is 0 Å². The van der Waals surface area contributed by atoms with E-state index in [1.54, 1.807) is 14.2 Å². The molecule has 1 aromatic rings. The van der Waals surface area contributed by atoms with E-state index in [1.165, 1.54) is 5.56 Å². The molecule has 0 aromatic heterocycles. The maximum absolute atomic E-state index is 5.88. The van der Waals surface area contributed by atoms with Crippen molar-refractivity contribution in [2.24, 2.45) is 0 Å². The molecule has 3 aliphatic rings. The molecule has 118 valence electrons. The van der Waals surface area contributed by atoms with Gasteiger partial charge in [-0.2, -0.15) is 0 Å². The molecule has 0 atom stereocenters. The second-order valence-electron chi connectivity index (χ2n) is 6.30. The average molecular weight is 302 g/mol. The monoisotopic (exact) mass is 302 g/mol. The number of allylic oxidation sites excluding steroid dienone is 1. The quantitative estimate of drug-likeness (QED) is 0.840. The first-order chi connectivity index (χ1) is 10.7. The summed E-state index contributed by atoms with van der Waals surface area (Å²) >= 11 is 0. The minimum absolute atomic E-state index is 0.1000. The van der Waals surface area contributed by atoms with Gasteiger partial charge in [0.1, 0.15) is 5.76 Å². The van der Waals surface area contributed by atoms with Gasteiger partial charge in [-0.15, -0.1) is 0 Å². The van der Waals surface area contributed by atoms with Gasteiger partial charge in [-0.1, -0.05) is 24.3 Å². The van der Waals surface area contributed by atoms with E-state index in [0.29, 0.717) is 13.2 Å². The molecule has 2 aliphatic carbocycles. The lowest BCUT2D eigenvalue weighted by Gasteiger charge is -2.42. The molecular weight excluding hydrogens is 280 g/mol. The average Bonchev–Trinajstić information content (AvgIpc) is 3.12. The molecule has 0 bridgehead atoms. The Morgan fingerprint density at radius 1 is 0.909 bits per heavy atom. The zero-order valence-corrected chi connectivity index (χ0v) is 13.2. The smallest absolute Gasteiger partial charge is 0.168 e. The summed E-state index contributed by atoms with van der Waals surface area (Å²) in [6.07, 6.45) is 3.70. The summed E-state index contributed by atoms with van der Waals surface area (Å²) in [5.41, 5.74) is 2.37. The second-order valence-corrected chi connectivity index (χ2v) is 6.30. The highest BCUT2D eigenvalue weighted by Gasteiger charge is 2.54. The predicted octanol–water partition coefficient (Wildman–Crippen LogP) is 3.22. The summed E-state index contributed by atoms with van der Waals surface area (Å²) in [6.45, 7) is 1.42. The molecule has 4 rings (SSSR count). The van der Waals surface area contributed by atoms with E-state index in [2.05, 4.69) is 24.3 Å². The van der Waals surface area contributed by atoms with Crippen molar-refractivity contribution < 1.29 is 18.9 Å². The maximum Gasteiger partial charge on any atom is 0.168 e. The van der Waals surface area contributed by atoms with Gasteiger partial charge in [0, 0.05) is 18.4 Å². The Morgan fingerprint density at radius 3 is 2.23 bits per heavy atom. The van der Waals surface area contributed by atoms with E-state index in [4.69, 9.17) is 18.9 Å². The first kappa shape index (κ1) is 14.1. The third-order valence-electron chi connectivity index (χ3n) is 5.42. The summed E-state index contributed by atoms with van der Waals surface area (Å²) in [4.78, 5) is 0. The minimum atomic E-state index is -0.366. The van der Waals surface area contributed by atoms with Gasteiger partial charge in [-0.25, -0.2) is 0 Å². The molecule has 1 heterocycles. The summed E-state index contributed by atoms with van der Waals surface area (Å²) in [5.74, 6) is 1.47. The van der Waals surface area contributed by atoms with E-state index in [1.807, 2.05) is 0 Å². The molecule has 2 spiro atoms. The lowest BCUT2D eigenvalue weighted by Crippen LogP contribution is -2.42. The van der Waals surface area contributed by atoms with Gasteiger partial charge in [0.15, 0.2) is 11.5 Å². The van der Waals surface area contributed by atoms with E-state index in [9.17, 15) is 0 Å². The summed E-state index contributed by atoms with van der Waals surface area (Å²) < 4.78 is 23.3. The van der Waals surface area contributed by atoms with Crippen LogP contribution in [-0.2, 0) is 24.4 Å². The molecular formula is C18H22O4. The highest BCUT2D eigenvalue weighted by molar-refractivity contribution is 5.75. The van der Waals surface area contributed by atoms with Gasteiger partial charge in [0.05, 0.1) is 32.8 Å². The Labute approximate surface area is 131 Å². The Balaban J connectivity index is 1.76. The van der Waals surface area contributed by atoms with Gasteiger partial charge < -0.3 is 18.9 Å². The van der Waals surface area contributed by atoms with Crippen LogP contribution in [0.5, 0.6) is 0 Å². The fraction of sp³-hybridized carbons (Fsp3) is 0.556. The highest BCUT2D eigenvalue weighted by Crippen LogP contribution is 2.56. The number of fused-ring (bicyclic) bond motifs is 2. The molecule has 0 amide bonds. The van der Waals surface area contributed by atoms with Crippen molar-refractivity contribution >= 4 is 5.76 Å². The zero-order valence-electron chi connectivity index (χ0n) is 13.2. The molecule has 0 N–H and O–H groups in total. The maximum atomic E-state index is 5.88. The number of hydrogen-bond acceptors (Lipinski definition) is 4. The van der Waals surface area contributed by atoms with E-state index < -0.39 is 0 Å². The van der Waals surface area contributed by atoms with Crippen LogP contribution in [0.4, 0.5) is 0 Å². The summed E-state index contributed by atoms with van der Waals surface area (Å²) in [6, 6.07) is 8.47. The Hall–Kier alpha value is -1.52. The normalized spacial score (nSPS) is 24.8. The molecule has 1 aliphatic heterocycles. The molecule has 2 fully saturated rings. The number of benzene rings is 1. The second kappa shape index (κ2) is 5.00. The standard InChI is InChI=1S/C18H22O4/c1-19-15-13-5-3-4-6-14(13)17(16(15)20-2)7-9-18(10-8-17)21-11-12-22-18/h3-6H,7-12H2,1-2H3. The fourth-order valence-electron chi connectivity index (χ4n) is 4.39. The predicted molar refractivity (Wildman–Crippen MR) is 82.2 cm³/mol. The van der Waals surface area contributed by atoms with Crippen molar-refractivity contribution in [2.75, 3.05) is 27.4 Å². The Kier molecular flexibility index (Phi) is 3.20. The SMILES string of the molecule is COC1=C(OC)C2(CCC3(CC2)OCCO3)c2ccccc21. The van der Waals surface area contributed by atoms with E-state index >= 15 is 0 Å². The first-order valence-corrected chi connectivity index (χ1v) is 7.95. The molecule has 1 saturated heterocycles. The van der Waals surface area contributed by atoms with Crippen LogP contribution in [-0.4, -0.2) is 33.2 Å². The molecule has 0 radical (unpaired) electrons. The van der Waals surface area contributed by atoms with E-state index in [-0.39, 0.29) is 11.2 Å². The molecule has 0 unspecified atom stereocenters. The van der Waals surface area contributed by atoms with Gasteiger partial charge >= 0.3 is 0 Å². The number of rotatable bonds is 2. The van der Waals surface area contributed by atoms with Crippen molar-refractivity contribution in [3.8, 4) is 0 Å². The van der Waals surface area contributed by atoms with Gasteiger partial charge in [-0.05, 0) is 18.4 Å². The number of hydrogen-bond donors (Lipinski definition) is 0. The number of methoxy groups -OCH3 is 2. The molecule has 1 aromatic carbocycles. The number of ether oxygens (including phenoxy) is 4. The third kappa shape index (κ3) is 1.77. The van der Waals surface area contributed by atoms with Crippen LogP contribution in [0.25, 0.3) is 5.76 Å². The zero-order chi connectivity index (χ0) is 15.2. The fourth-order valence-corrected chi connectivity index (χ4v) is 4.39. The van der Waals surface area contributed by atoms with Crippen molar-refractivity contribution in [3.05, 3.63) is 41.2 Å². The van der Waals surface area contributed by atoms with Crippen LogP contribution >= 0.6 is 0 Å². The van der Waals surface area contributed by atoms with Crippen LogP contribution in [0, 0.1) is 0 Å². The molecule has 1 saturated carbocycles. The highest BCUT2D eigenvalue weighted by atomic mass is 16.7. The van der Waals surface area contributed by atoms with Crippen LogP contribution in [0.3, 0.4) is 0 Å². The van der Waals surface area contributed by atoms with Crippen LogP contribution in [0.15, 0.2) is 30.0 Å². The molecule has 4 heteroatoms. The van der Waals surface area contributed by atoms with Crippen LogP contribution < -0.4 is 0 Å². The molecule has 22 heavy (non-hydrogen) atoms. The summed E-state index contributed by atoms with van der Waals surface area (Å²) in [5, 5.41) is 0. The van der Waals surface area contributed by atoms with Crippen LogP contribution in [0.2, 0.25) is 0 Å². The minimum Gasteiger partial charge on any atom is -0.496 e. The van der Waals surface area contributed by atoms with E-state index in [0.717, 1.165) is 42.8 Å². The van der Waals surface area contributed by atoms with Gasteiger partial charge in [-0.3, -0.25) is 0 Å². The van der Waals surface area contributed by atoms with Gasteiger partial charge in [0.25, 0.3) is 0 Å². The van der Waals surface area contributed by atoms with Crippen molar-refractivity contribution in [2.45, 2.75) is 36.9 Å². The van der Waals surface area contributed by atoms with Crippen LogP contribution in [0.1, 0.15) is 36.8 Å². The topological polar surface area (TPSA) is 36.9 Å². The molecule has 4 nitrogen and oxygen atoms in total. The van der Waals surface area contributed by atoms with Crippen molar-refractivity contribution in [3.63, 3.8) is 0 Å².